The Hall–Kier alpha value is -1.14. The van der Waals surface area contributed by atoms with Gasteiger partial charge in [-0.05, 0) is 47.7 Å². The van der Waals surface area contributed by atoms with Crippen LogP contribution in [0.1, 0.15) is 19.3 Å². The van der Waals surface area contributed by atoms with Crippen molar-refractivity contribution in [2.75, 3.05) is 54.4 Å². The second-order valence-corrected chi connectivity index (χ2v) is 4.53. The molecule has 0 heterocycles. The summed E-state index contributed by atoms with van der Waals surface area (Å²) >= 11 is 0. The molecule has 0 spiro atoms. The fourth-order valence-electron chi connectivity index (χ4n) is 1.06. The van der Waals surface area contributed by atoms with Crippen LogP contribution in [0.4, 0.5) is 0 Å². The zero-order chi connectivity index (χ0) is 14.2. The molecule has 0 amide bonds. The molecule has 0 aromatic heterocycles. The SMILES string of the molecule is CN(C)CCC#N.CN(C)CCCNCCC#N. The van der Waals surface area contributed by atoms with Crippen molar-refractivity contribution in [3.05, 3.63) is 0 Å². The highest BCUT2D eigenvalue weighted by atomic mass is 15.1. The van der Waals surface area contributed by atoms with Crippen LogP contribution in [0, 0.1) is 22.7 Å². The van der Waals surface area contributed by atoms with Gasteiger partial charge in [0.2, 0.25) is 0 Å². The lowest BCUT2D eigenvalue weighted by atomic mass is 10.4. The normalized spacial score (nSPS) is 9.56. The van der Waals surface area contributed by atoms with Gasteiger partial charge in [0, 0.05) is 25.9 Å². The molecule has 1 N–H and O–H groups in total. The van der Waals surface area contributed by atoms with E-state index >= 15 is 0 Å². The molecule has 0 aromatic carbocycles. The second kappa shape index (κ2) is 15.9. The summed E-state index contributed by atoms with van der Waals surface area (Å²) in [5, 5.41) is 19.4. The summed E-state index contributed by atoms with van der Waals surface area (Å²) < 4.78 is 0. The van der Waals surface area contributed by atoms with E-state index in [1.807, 2.05) is 19.0 Å². The van der Waals surface area contributed by atoms with Gasteiger partial charge in [-0.1, -0.05) is 0 Å². The van der Waals surface area contributed by atoms with Crippen LogP contribution in [0.25, 0.3) is 0 Å². The molecule has 5 heteroatoms. The Morgan fingerprint density at radius 2 is 1.39 bits per heavy atom. The smallest absolute Gasteiger partial charge is 0.0635 e. The summed E-state index contributed by atoms with van der Waals surface area (Å²) in [4.78, 5) is 4.15. The zero-order valence-electron chi connectivity index (χ0n) is 12.2. The van der Waals surface area contributed by atoms with E-state index in [9.17, 15) is 0 Å². The summed E-state index contributed by atoms with van der Waals surface area (Å²) in [7, 11) is 8.04. The predicted molar refractivity (Wildman–Crippen MR) is 75.1 cm³/mol. The predicted octanol–water partition coefficient (Wildman–Crippen LogP) is 0.903. The van der Waals surface area contributed by atoms with Crippen molar-refractivity contribution in [2.45, 2.75) is 19.3 Å². The minimum atomic E-state index is 0.613. The van der Waals surface area contributed by atoms with Gasteiger partial charge in [-0.2, -0.15) is 10.5 Å². The van der Waals surface area contributed by atoms with Crippen molar-refractivity contribution >= 4 is 0 Å². The largest absolute Gasteiger partial charge is 0.316 e. The van der Waals surface area contributed by atoms with E-state index < -0.39 is 0 Å². The first-order chi connectivity index (χ1) is 8.54. The number of nitriles is 2. The van der Waals surface area contributed by atoms with Crippen LogP contribution >= 0.6 is 0 Å². The van der Waals surface area contributed by atoms with Gasteiger partial charge in [0.05, 0.1) is 12.1 Å². The number of rotatable bonds is 8. The van der Waals surface area contributed by atoms with Crippen LogP contribution in [0.5, 0.6) is 0 Å². The molecular formula is C13H27N5. The van der Waals surface area contributed by atoms with Crippen LogP contribution in [-0.2, 0) is 0 Å². The maximum atomic E-state index is 8.21. The van der Waals surface area contributed by atoms with Gasteiger partial charge in [0.1, 0.15) is 0 Å². The van der Waals surface area contributed by atoms with Crippen LogP contribution in [0.2, 0.25) is 0 Å². The van der Waals surface area contributed by atoms with E-state index in [-0.39, 0.29) is 0 Å². The monoisotopic (exact) mass is 253 g/mol. The van der Waals surface area contributed by atoms with E-state index in [4.69, 9.17) is 10.5 Å². The maximum Gasteiger partial charge on any atom is 0.0635 e. The first-order valence-electron chi connectivity index (χ1n) is 6.28. The van der Waals surface area contributed by atoms with E-state index in [1.165, 1.54) is 0 Å². The van der Waals surface area contributed by atoms with Crippen LogP contribution in [0.3, 0.4) is 0 Å². The summed E-state index contributed by atoms with van der Waals surface area (Å²) in [6, 6.07) is 4.15. The number of hydrogen-bond donors (Lipinski definition) is 1. The fourth-order valence-corrected chi connectivity index (χ4v) is 1.06. The van der Waals surface area contributed by atoms with Gasteiger partial charge in [0.15, 0.2) is 0 Å². The summed E-state index contributed by atoms with van der Waals surface area (Å²) in [5.41, 5.74) is 0. The van der Waals surface area contributed by atoms with Crippen molar-refractivity contribution in [3.8, 4) is 12.1 Å². The zero-order valence-corrected chi connectivity index (χ0v) is 12.2. The van der Waals surface area contributed by atoms with E-state index in [0.29, 0.717) is 12.8 Å². The van der Waals surface area contributed by atoms with Crippen LogP contribution in [0.15, 0.2) is 0 Å². The van der Waals surface area contributed by atoms with Crippen molar-refractivity contribution in [1.82, 2.24) is 15.1 Å². The third-order valence-electron chi connectivity index (χ3n) is 2.04. The van der Waals surface area contributed by atoms with Gasteiger partial charge in [-0.25, -0.2) is 0 Å². The van der Waals surface area contributed by atoms with E-state index in [2.05, 4.69) is 36.5 Å². The summed E-state index contributed by atoms with van der Waals surface area (Å²) in [5.74, 6) is 0. The molecule has 104 valence electrons. The van der Waals surface area contributed by atoms with Gasteiger partial charge < -0.3 is 15.1 Å². The van der Waals surface area contributed by atoms with Gasteiger partial charge in [0.25, 0.3) is 0 Å². The fraction of sp³-hybridized carbons (Fsp3) is 0.846. The van der Waals surface area contributed by atoms with Crippen molar-refractivity contribution in [3.63, 3.8) is 0 Å². The second-order valence-electron chi connectivity index (χ2n) is 4.53. The average Bonchev–Trinajstić information content (AvgIpc) is 2.31. The molecule has 0 bridgehead atoms. The average molecular weight is 253 g/mol. The molecule has 0 atom stereocenters. The molecule has 0 saturated heterocycles. The first-order valence-corrected chi connectivity index (χ1v) is 6.28. The van der Waals surface area contributed by atoms with Gasteiger partial charge in [-0.3, -0.25) is 0 Å². The molecule has 18 heavy (non-hydrogen) atoms. The third-order valence-corrected chi connectivity index (χ3v) is 2.04. The topological polar surface area (TPSA) is 66.1 Å². The van der Waals surface area contributed by atoms with Crippen LogP contribution < -0.4 is 5.32 Å². The van der Waals surface area contributed by atoms with Crippen molar-refractivity contribution < 1.29 is 0 Å². The minimum Gasteiger partial charge on any atom is -0.316 e. The minimum absolute atomic E-state index is 0.613. The standard InChI is InChI=1S/C8H17N3.C5H10N2/c1-11(2)8-4-7-10-6-3-5-9;1-7(2)5-3-4-6/h10H,3-4,6-8H2,1-2H3;3,5H2,1-2H3. The lowest BCUT2D eigenvalue weighted by molar-refractivity contribution is 0.395. The molecule has 0 rings (SSSR count). The van der Waals surface area contributed by atoms with Crippen molar-refractivity contribution in [1.29, 1.82) is 10.5 Å². The molecule has 0 fully saturated rings. The lowest BCUT2D eigenvalue weighted by Gasteiger charge is -2.08. The van der Waals surface area contributed by atoms with Crippen LogP contribution in [-0.4, -0.2) is 64.2 Å². The molecule has 0 aromatic rings. The van der Waals surface area contributed by atoms with Gasteiger partial charge in [-0.15, -0.1) is 0 Å². The summed E-state index contributed by atoms with van der Waals surface area (Å²) in [6.45, 7) is 3.82. The number of nitrogens with zero attached hydrogens (tertiary/aromatic N) is 4. The highest BCUT2D eigenvalue weighted by molar-refractivity contribution is 4.70. The highest BCUT2D eigenvalue weighted by Crippen LogP contribution is 1.80. The Bertz CT molecular complexity index is 237. The third kappa shape index (κ3) is 24.2. The summed E-state index contributed by atoms with van der Waals surface area (Å²) in [6.07, 6.45) is 2.40. The molecule has 0 unspecified atom stereocenters. The first kappa shape index (κ1) is 19.2. The Morgan fingerprint density at radius 3 is 1.78 bits per heavy atom. The maximum absolute atomic E-state index is 8.21. The van der Waals surface area contributed by atoms with E-state index in [0.717, 1.165) is 32.6 Å². The lowest BCUT2D eigenvalue weighted by Crippen LogP contribution is -2.21. The molecule has 0 aliphatic rings. The quantitative estimate of drug-likeness (QED) is 0.651. The Balaban J connectivity index is 0. The number of nitrogens with one attached hydrogen (secondary N) is 1. The molecule has 0 aliphatic carbocycles. The molecular weight excluding hydrogens is 226 g/mol. The molecule has 5 nitrogen and oxygen atoms in total. The Morgan fingerprint density at radius 1 is 0.833 bits per heavy atom. The van der Waals surface area contributed by atoms with E-state index in [1.54, 1.807) is 0 Å². The molecule has 0 radical (unpaired) electrons. The Labute approximate surface area is 112 Å². The highest BCUT2D eigenvalue weighted by Gasteiger charge is 1.89. The molecule has 0 aliphatic heterocycles. The van der Waals surface area contributed by atoms with Crippen molar-refractivity contribution in [2.24, 2.45) is 0 Å². The Kier molecular flexibility index (Phi) is 16.9. The van der Waals surface area contributed by atoms with Gasteiger partial charge >= 0.3 is 0 Å². The molecule has 0 saturated carbocycles. The number of hydrogen-bond acceptors (Lipinski definition) is 5.